The van der Waals surface area contributed by atoms with E-state index in [-0.39, 0.29) is 47.5 Å². The van der Waals surface area contributed by atoms with Crippen LogP contribution in [0.3, 0.4) is 0 Å². The molecule has 2 saturated heterocycles. The molecule has 15 unspecified atom stereocenters. The fourth-order valence-electron chi connectivity index (χ4n) is 16.0. The Balaban J connectivity index is 0.000000168. The maximum Gasteiger partial charge on any atom is 0.340 e. The van der Waals surface area contributed by atoms with Crippen LogP contribution in [-0.4, -0.2) is 118 Å². The van der Waals surface area contributed by atoms with Gasteiger partial charge in [0.15, 0.2) is 34.5 Å². The molecule has 21 nitrogen and oxygen atoms in total. The van der Waals surface area contributed by atoms with Gasteiger partial charge in [0.25, 0.3) is 0 Å². The number of methoxy groups -OCH3 is 3. The molecule has 3 aliphatic rings. The summed E-state index contributed by atoms with van der Waals surface area (Å²) in [6.45, 7) is 18.3. The normalized spacial score (nSPS) is 21.2. The topological polar surface area (TPSA) is 239 Å². The number of carboxylic acids is 1. The first-order valence-electron chi connectivity index (χ1n) is 45.4. The Hall–Kier alpha value is -12.5. The van der Waals surface area contributed by atoms with Gasteiger partial charge >= 0.3 is 17.9 Å². The van der Waals surface area contributed by atoms with Crippen LogP contribution in [0.4, 0.5) is 0 Å². The van der Waals surface area contributed by atoms with Gasteiger partial charge < -0.3 is 86.0 Å². The van der Waals surface area contributed by atoms with Crippen LogP contribution in [0.15, 0.2) is 328 Å². The van der Waals surface area contributed by atoms with Crippen LogP contribution >= 0.6 is 0 Å². The molecule has 0 radical (unpaired) electrons. The molecule has 12 aromatic carbocycles. The van der Waals surface area contributed by atoms with Gasteiger partial charge in [-0.05, 0) is 153 Å². The Morgan fingerprint density at radius 2 is 0.549 bits per heavy atom. The maximum atomic E-state index is 13.5. The summed E-state index contributed by atoms with van der Waals surface area (Å²) < 4.78 is 95.5. The van der Waals surface area contributed by atoms with Gasteiger partial charge in [-0.3, -0.25) is 0 Å². The largest absolute Gasteiger partial charge is 0.493 e. The average molecular weight is 1810 g/mol. The number of ether oxygens (including phenoxy) is 16. The van der Waals surface area contributed by atoms with Crippen molar-refractivity contribution >= 4 is 17.9 Å². The highest BCUT2D eigenvalue weighted by Crippen LogP contribution is 2.41. The van der Waals surface area contributed by atoms with Gasteiger partial charge in [0.2, 0.25) is 12.6 Å². The van der Waals surface area contributed by atoms with Gasteiger partial charge in [-0.2, -0.15) is 0 Å². The summed E-state index contributed by atoms with van der Waals surface area (Å²) in [7, 11) is 4.57. The number of rotatable bonds is 38. The Kier molecular flexibility index (Phi) is 39.4. The van der Waals surface area contributed by atoms with Gasteiger partial charge in [0.05, 0.1) is 122 Å². The lowest BCUT2D eigenvalue weighted by Crippen LogP contribution is -2.53. The van der Waals surface area contributed by atoms with Crippen molar-refractivity contribution < 1.29 is 100 Å². The minimum Gasteiger partial charge on any atom is -0.493 e. The van der Waals surface area contributed by atoms with Gasteiger partial charge in [0, 0.05) is 0 Å². The molecule has 133 heavy (non-hydrogen) atoms. The molecule has 0 amide bonds. The van der Waals surface area contributed by atoms with E-state index in [9.17, 15) is 19.5 Å². The smallest absolute Gasteiger partial charge is 0.340 e. The minimum absolute atomic E-state index is 0.0267. The molecule has 12 aromatic rings. The molecule has 0 spiro atoms. The predicted molar refractivity (Wildman–Crippen MR) is 509 cm³/mol. The van der Waals surface area contributed by atoms with Gasteiger partial charge in [-0.25, -0.2) is 14.4 Å². The number of hydrogen-bond donors (Lipinski definition) is 2. The number of benzene rings is 12. The lowest BCUT2D eigenvalue weighted by molar-refractivity contribution is -0.271. The molecule has 698 valence electrons. The number of carbonyl (C=O) groups excluding carboxylic acids is 2. The first-order chi connectivity index (χ1) is 64.9. The van der Waals surface area contributed by atoms with E-state index in [1.165, 1.54) is 24.8 Å². The second-order valence-corrected chi connectivity index (χ2v) is 33.6. The van der Waals surface area contributed by atoms with Crippen LogP contribution in [-0.2, 0) is 107 Å². The molecule has 0 aromatic heterocycles. The van der Waals surface area contributed by atoms with Crippen LogP contribution in [0.1, 0.15) is 129 Å². The summed E-state index contributed by atoms with van der Waals surface area (Å²) in [5.74, 6) is 2.17. The van der Waals surface area contributed by atoms with Crippen molar-refractivity contribution in [2.75, 3.05) is 41.2 Å². The summed E-state index contributed by atoms with van der Waals surface area (Å²) >= 11 is 0. The lowest BCUT2D eigenvalue weighted by atomic mass is 9.71. The number of carbonyl (C=O) groups is 3. The fourth-order valence-corrected chi connectivity index (χ4v) is 16.0. The third-order valence-electron chi connectivity index (χ3n) is 24.5. The van der Waals surface area contributed by atoms with Crippen molar-refractivity contribution in [1.82, 2.24) is 0 Å². The SMILES string of the molecule is CC1C(COCc2ccccc2)CC(O)C(OCc2ccccc2)C1C.COc1cc(C(=O)O)ccc1OCc1ccccc1.COc1cc(C(=O)OC2OC(COCc3ccccc3)C(C)C(C)C2OCc2ccccc2)ccc1OCc1ccccc1.COc1cc(C(=O)OC2OC(COCc3ccccc3)C(C)C(C)C2OCc2ccccc2)ccc1OCc1ccccc1. The van der Waals surface area contributed by atoms with Crippen LogP contribution in [0.25, 0.3) is 0 Å². The maximum absolute atomic E-state index is 13.5. The number of hydrogen-bond acceptors (Lipinski definition) is 20. The number of aromatic carboxylic acids is 1. The van der Waals surface area contributed by atoms with E-state index in [1.807, 2.05) is 249 Å². The van der Waals surface area contributed by atoms with E-state index in [4.69, 9.17) is 80.9 Å². The van der Waals surface area contributed by atoms with Crippen LogP contribution in [0.5, 0.6) is 34.5 Å². The molecule has 0 bridgehead atoms. The fraction of sp³-hybridized carbons (Fsp3) is 0.330. The first kappa shape index (κ1) is 99.5. The van der Waals surface area contributed by atoms with Gasteiger partial charge in [-0.15, -0.1) is 0 Å². The van der Waals surface area contributed by atoms with Crippen molar-refractivity contribution in [3.8, 4) is 34.5 Å². The van der Waals surface area contributed by atoms with Crippen molar-refractivity contribution in [3.63, 3.8) is 0 Å². The summed E-state index contributed by atoms with van der Waals surface area (Å²) in [6, 6.07) is 104. The zero-order valence-corrected chi connectivity index (χ0v) is 77.2. The third kappa shape index (κ3) is 30.5. The summed E-state index contributed by atoms with van der Waals surface area (Å²) in [4.78, 5) is 37.9. The first-order valence-corrected chi connectivity index (χ1v) is 45.4. The molecule has 1 aliphatic carbocycles. The number of aliphatic hydroxyl groups excluding tert-OH is 1. The Labute approximate surface area is 782 Å². The highest BCUT2D eigenvalue weighted by Gasteiger charge is 2.47. The molecule has 15 rings (SSSR count). The second-order valence-electron chi connectivity index (χ2n) is 33.6. The number of carboxylic acid groups (broad SMARTS) is 1. The zero-order valence-electron chi connectivity index (χ0n) is 77.2. The molecule has 15 atom stereocenters. The summed E-state index contributed by atoms with van der Waals surface area (Å²) in [5.41, 5.74) is 10.5. The standard InChI is InChI=1S/2C37H40O7.C23H30O3.C15H14O4/c2*1-26-27(2)35(42-24-30-17-11-6-12-18-30)37(43-34(26)25-40-22-28-13-7-4-8-14-28)44-36(38)31-19-20-32(33(21-31)39-3)41-23-29-15-9-5-10-16-29;1-17-18(2)23(26-15-20-11-7-4-8-12-20)22(24)13-21(17)16-25-14-19-9-5-3-6-10-19;1-18-14-9-12(15(16)17)7-8-13(14)19-10-11-5-3-2-4-6-11/h2*4-21,26-27,34-35,37H,22-25H2,1-3H3;3-12,17-18,21-24H,13-16H2,1-2H3;2-9H,10H2,1H3,(H,16,17). The molecule has 3 fully saturated rings. The predicted octanol–water partition coefficient (Wildman–Crippen LogP) is 21.9. The van der Waals surface area contributed by atoms with E-state index in [2.05, 4.69) is 65.8 Å². The second kappa shape index (κ2) is 52.7. The Morgan fingerprint density at radius 3 is 0.842 bits per heavy atom. The van der Waals surface area contributed by atoms with Crippen LogP contribution in [0, 0.1) is 41.4 Å². The minimum atomic E-state index is -0.993. The summed E-state index contributed by atoms with van der Waals surface area (Å²) in [5, 5.41) is 19.5. The molecule has 2 heterocycles. The van der Waals surface area contributed by atoms with Crippen molar-refractivity contribution in [1.29, 1.82) is 0 Å². The molecule has 21 heteroatoms. The zero-order chi connectivity index (χ0) is 93.5. The summed E-state index contributed by atoms with van der Waals surface area (Å²) in [6.07, 6.45) is -3.20. The van der Waals surface area contributed by atoms with Gasteiger partial charge in [-0.1, -0.05) is 315 Å². The van der Waals surface area contributed by atoms with E-state index < -0.39 is 48.8 Å². The van der Waals surface area contributed by atoms with Crippen molar-refractivity contribution in [2.24, 2.45) is 41.4 Å². The number of esters is 2. The lowest BCUT2D eigenvalue weighted by Gasteiger charge is -2.43. The quantitative estimate of drug-likeness (QED) is 0.0342. The van der Waals surface area contributed by atoms with Crippen LogP contribution < -0.4 is 28.4 Å². The van der Waals surface area contributed by atoms with E-state index >= 15 is 0 Å². The third-order valence-corrected chi connectivity index (χ3v) is 24.5. The Bertz CT molecular complexity index is 5150. The van der Waals surface area contributed by atoms with E-state index in [0.29, 0.717) is 143 Å². The highest BCUT2D eigenvalue weighted by atomic mass is 16.7. The van der Waals surface area contributed by atoms with E-state index in [0.717, 1.165) is 50.9 Å². The number of aliphatic hydroxyl groups is 1. The molecular weight excluding hydrogens is 1680 g/mol. The Morgan fingerprint density at radius 1 is 0.293 bits per heavy atom. The molecule has 2 N–H and O–H groups in total. The van der Waals surface area contributed by atoms with Crippen molar-refractivity contribution in [2.45, 2.75) is 157 Å². The molecule has 2 aliphatic heterocycles. The van der Waals surface area contributed by atoms with Crippen molar-refractivity contribution in [3.05, 3.63) is 394 Å². The monoisotopic (exact) mass is 1800 g/mol. The van der Waals surface area contributed by atoms with E-state index in [1.54, 1.807) is 56.7 Å². The van der Waals surface area contributed by atoms with Crippen LogP contribution in [0.2, 0.25) is 0 Å². The molecular formula is C112H124O21. The highest BCUT2D eigenvalue weighted by molar-refractivity contribution is 5.91. The molecule has 1 saturated carbocycles. The van der Waals surface area contributed by atoms with Gasteiger partial charge in [0.1, 0.15) is 32.0 Å². The average Bonchev–Trinajstić information content (AvgIpc) is 0.801.